The first-order valence-corrected chi connectivity index (χ1v) is 10.9. The molecular formula is C23H22FN5OS. The van der Waals surface area contributed by atoms with E-state index in [0.717, 1.165) is 29.8 Å². The lowest BCUT2D eigenvalue weighted by Crippen LogP contribution is -2.13. The molecule has 0 aliphatic carbocycles. The van der Waals surface area contributed by atoms with Crippen molar-refractivity contribution in [2.24, 2.45) is 0 Å². The summed E-state index contributed by atoms with van der Waals surface area (Å²) in [5, 5.41) is 15.3. The van der Waals surface area contributed by atoms with E-state index in [-0.39, 0.29) is 18.1 Å². The first-order valence-electron chi connectivity index (χ1n) is 9.92. The normalized spacial score (nSPS) is 10.9. The van der Waals surface area contributed by atoms with Gasteiger partial charge in [-0.1, -0.05) is 23.4 Å². The summed E-state index contributed by atoms with van der Waals surface area (Å²) in [6.07, 6.45) is 3.53. The minimum Gasteiger partial charge on any atom is -0.397 e. The summed E-state index contributed by atoms with van der Waals surface area (Å²) in [6, 6.07) is 13.6. The third kappa shape index (κ3) is 5.55. The van der Waals surface area contributed by atoms with E-state index < -0.39 is 0 Å². The molecule has 0 bridgehead atoms. The van der Waals surface area contributed by atoms with Gasteiger partial charge in [0.15, 0.2) is 0 Å². The molecule has 4 rings (SSSR count). The lowest BCUT2D eigenvalue weighted by molar-refractivity contribution is -0.116. The van der Waals surface area contributed by atoms with Crippen molar-refractivity contribution in [3.63, 3.8) is 0 Å². The van der Waals surface area contributed by atoms with Gasteiger partial charge in [-0.2, -0.15) is 11.3 Å². The highest BCUT2D eigenvalue weighted by Gasteiger charge is 2.10. The van der Waals surface area contributed by atoms with Crippen LogP contribution in [0.15, 0.2) is 65.5 Å². The lowest BCUT2D eigenvalue weighted by atomic mass is 10.0. The minimum absolute atomic E-state index is 0.157. The number of aromatic nitrogens is 3. The van der Waals surface area contributed by atoms with Crippen molar-refractivity contribution in [3.8, 4) is 11.1 Å². The molecule has 0 aliphatic heterocycles. The molecule has 6 nitrogen and oxygen atoms in total. The van der Waals surface area contributed by atoms with Crippen LogP contribution >= 0.6 is 11.3 Å². The van der Waals surface area contributed by atoms with Crippen LogP contribution in [0.1, 0.15) is 17.7 Å². The number of hydrogen-bond donors (Lipinski definition) is 2. The summed E-state index contributed by atoms with van der Waals surface area (Å²) in [5.74, 6) is -0.452. The second kappa shape index (κ2) is 9.53. The van der Waals surface area contributed by atoms with Crippen molar-refractivity contribution in [1.29, 1.82) is 0 Å². The van der Waals surface area contributed by atoms with Crippen LogP contribution in [0.2, 0.25) is 0 Å². The molecule has 158 valence electrons. The number of thiophene rings is 1. The molecule has 2 aromatic heterocycles. The van der Waals surface area contributed by atoms with E-state index in [1.54, 1.807) is 40.3 Å². The van der Waals surface area contributed by atoms with Crippen LogP contribution in [-0.4, -0.2) is 20.9 Å². The quantitative estimate of drug-likeness (QED) is 0.398. The Hall–Kier alpha value is -3.52. The average Bonchev–Trinajstić information content (AvgIpc) is 3.45. The number of nitrogens with two attached hydrogens (primary N) is 1. The third-order valence-electron chi connectivity index (χ3n) is 4.91. The van der Waals surface area contributed by atoms with Crippen LogP contribution in [0, 0.1) is 5.82 Å². The Bertz CT molecular complexity index is 1160. The SMILES string of the molecule is Nc1ccc(-c2ccc(F)cc2)cc1NC(=O)CCc1cn(CCc2ccsc2)nn1. The second-order valence-electron chi connectivity index (χ2n) is 7.21. The van der Waals surface area contributed by atoms with Gasteiger partial charge >= 0.3 is 0 Å². The number of benzene rings is 2. The number of amides is 1. The van der Waals surface area contributed by atoms with E-state index in [0.29, 0.717) is 17.8 Å². The number of carbonyl (C=O) groups is 1. The van der Waals surface area contributed by atoms with Crippen molar-refractivity contribution in [3.05, 3.63) is 82.6 Å². The molecule has 0 aliphatic rings. The zero-order chi connectivity index (χ0) is 21.6. The van der Waals surface area contributed by atoms with Gasteiger partial charge in [0.05, 0.1) is 17.1 Å². The predicted molar refractivity (Wildman–Crippen MR) is 121 cm³/mol. The number of rotatable bonds is 8. The number of nitrogens with one attached hydrogen (secondary N) is 1. The van der Waals surface area contributed by atoms with Gasteiger partial charge in [-0.15, -0.1) is 5.10 Å². The van der Waals surface area contributed by atoms with Crippen molar-refractivity contribution < 1.29 is 9.18 Å². The summed E-state index contributed by atoms with van der Waals surface area (Å²) < 4.78 is 15.0. The van der Waals surface area contributed by atoms with Gasteiger partial charge in [0, 0.05) is 25.6 Å². The summed E-state index contributed by atoms with van der Waals surface area (Å²) >= 11 is 1.68. The van der Waals surface area contributed by atoms with Crippen molar-refractivity contribution in [1.82, 2.24) is 15.0 Å². The van der Waals surface area contributed by atoms with Crippen LogP contribution in [0.4, 0.5) is 15.8 Å². The van der Waals surface area contributed by atoms with Gasteiger partial charge in [-0.3, -0.25) is 9.48 Å². The number of anilines is 2. The highest BCUT2D eigenvalue weighted by atomic mass is 32.1. The molecule has 31 heavy (non-hydrogen) atoms. The van der Waals surface area contributed by atoms with Gasteiger partial charge in [-0.05, 0) is 64.2 Å². The smallest absolute Gasteiger partial charge is 0.224 e. The van der Waals surface area contributed by atoms with Crippen molar-refractivity contribution in [2.45, 2.75) is 25.8 Å². The molecule has 0 unspecified atom stereocenters. The van der Waals surface area contributed by atoms with Crippen LogP contribution < -0.4 is 11.1 Å². The maximum Gasteiger partial charge on any atom is 0.224 e. The van der Waals surface area contributed by atoms with E-state index in [9.17, 15) is 9.18 Å². The van der Waals surface area contributed by atoms with Gasteiger partial charge in [-0.25, -0.2) is 4.39 Å². The van der Waals surface area contributed by atoms with Crippen molar-refractivity contribution in [2.75, 3.05) is 11.1 Å². The largest absolute Gasteiger partial charge is 0.397 e. The van der Waals surface area contributed by atoms with Gasteiger partial charge in [0.2, 0.25) is 5.91 Å². The highest BCUT2D eigenvalue weighted by molar-refractivity contribution is 7.07. The van der Waals surface area contributed by atoms with Gasteiger partial charge < -0.3 is 11.1 Å². The number of nitrogen functional groups attached to an aromatic ring is 1. The zero-order valence-corrected chi connectivity index (χ0v) is 17.6. The minimum atomic E-state index is -0.295. The topological polar surface area (TPSA) is 85.8 Å². The van der Waals surface area contributed by atoms with E-state index >= 15 is 0 Å². The molecule has 4 aromatic rings. The Labute approximate surface area is 183 Å². The molecule has 0 radical (unpaired) electrons. The summed E-state index contributed by atoms with van der Waals surface area (Å²) in [7, 11) is 0. The fourth-order valence-electron chi connectivity index (χ4n) is 3.18. The first-order chi connectivity index (χ1) is 15.1. The molecule has 0 saturated heterocycles. The van der Waals surface area contributed by atoms with E-state index in [4.69, 9.17) is 5.73 Å². The van der Waals surface area contributed by atoms with E-state index in [1.807, 2.05) is 12.3 Å². The molecule has 0 spiro atoms. The van der Waals surface area contributed by atoms with E-state index in [1.165, 1.54) is 17.7 Å². The fraction of sp³-hybridized carbons (Fsp3) is 0.174. The third-order valence-corrected chi connectivity index (χ3v) is 5.64. The number of carbonyl (C=O) groups excluding carboxylic acids is 1. The Balaban J connectivity index is 1.32. The Kier molecular flexibility index (Phi) is 6.37. The fourth-order valence-corrected chi connectivity index (χ4v) is 3.88. The number of halogens is 1. The first kappa shape index (κ1) is 20.7. The summed E-state index contributed by atoms with van der Waals surface area (Å²) in [5.41, 5.74) is 10.8. The number of hydrogen-bond acceptors (Lipinski definition) is 5. The zero-order valence-electron chi connectivity index (χ0n) is 16.8. The van der Waals surface area contributed by atoms with Crippen LogP contribution in [0.5, 0.6) is 0 Å². The molecule has 8 heteroatoms. The average molecular weight is 436 g/mol. The highest BCUT2D eigenvalue weighted by Crippen LogP contribution is 2.27. The predicted octanol–water partition coefficient (Wildman–Crippen LogP) is 4.54. The molecule has 0 atom stereocenters. The number of nitrogens with zero attached hydrogens (tertiary/aromatic N) is 3. The number of aryl methyl sites for hydroxylation is 3. The van der Waals surface area contributed by atoms with Gasteiger partial charge in [0.1, 0.15) is 5.82 Å². The molecule has 3 N–H and O–H groups in total. The van der Waals surface area contributed by atoms with Crippen LogP contribution in [0.25, 0.3) is 11.1 Å². The molecule has 1 amide bonds. The Morgan fingerprint density at radius 1 is 1.10 bits per heavy atom. The second-order valence-corrected chi connectivity index (χ2v) is 7.99. The Morgan fingerprint density at radius 2 is 1.90 bits per heavy atom. The summed E-state index contributed by atoms with van der Waals surface area (Å²) in [4.78, 5) is 12.4. The Morgan fingerprint density at radius 3 is 2.68 bits per heavy atom. The van der Waals surface area contributed by atoms with Crippen LogP contribution in [0.3, 0.4) is 0 Å². The van der Waals surface area contributed by atoms with Crippen molar-refractivity contribution >= 4 is 28.6 Å². The molecule has 2 heterocycles. The van der Waals surface area contributed by atoms with Crippen LogP contribution in [-0.2, 0) is 24.2 Å². The molecule has 0 fully saturated rings. The molecular weight excluding hydrogens is 413 g/mol. The maximum atomic E-state index is 13.2. The molecule has 2 aromatic carbocycles. The lowest BCUT2D eigenvalue weighted by Gasteiger charge is -2.10. The monoisotopic (exact) mass is 435 g/mol. The summed E-state index contributed by atoms with van der Waals surface area (Å²) in [6.45, 7) is 0.753. The maximum absolute atomic E-state index is 13.2. The van der Waals surface area contributed by atoms with E-state index in [2.05, 4.69) is 32.5 Å². The standard InChI is InChI=1S/C23H22FN5OS/c24-19-4-1-17(2-5-19)18-3-7-21(25)22(13-18)26-23(30)8-6-20-14-29(28-27-20)11-9-16-10-12-31-15-16/h1-5,7,10,12-15H,6,8-9,11,25H2,(H,26,30). The molecule has 0 saturated carbocycles. The van der Waals surface area contributed by atoms with Gasteiger partial charge in [0.25, 0.3) is 0 Å².